The number of carbonyl (C=O) groups excluding carboxylic acids is 1. The van der Waals surface area contributed by atoms with Crippen molar-refractivity contribution < 1.29 is 13.7 Å². The third-order valence-corrected chi connectivity index (χ3v) is 4.86. The summed E-state index contributed by atoms with van der Waals surface area (Å²) in [4.78, 5) is 12.9. The van der Waals surface area contributed by atoms with Crippen molar-refractivity contribution in [1.29, 1.82) is 0 Å². The minimum atomic E-state index is -1.45. The quantitative estimate of drug-likeness (QED) is 0.662. The molecule has 0 aliphatic carbocycles. The van der Waals surface area contributed by atoms with Crippen molar-refractivity contribution in [1.82, 2.24) is 3.97 Å². The van der Waals surface area contributed by atoms with Gasteiger partial charge in [0.05, 0.1) is 22.8 Å². The van der Waals surface area contributed by atoms with Gasteiger partial charge in [0.25, 0.3) is 0 Å². The molecule has 3 rings (SSSR count). The fraction of sp³-hybridized carbons (Fsp3) is 0.105. The standard InChI is InChI=1S/C19H17NO3S/c1-2-23-19(21)17-13-14-20(18(17)15-9-5-3-6-10-15)24(22)16-11-7-4-8-12-16/h3-14H,2H2,1H3. The monoisotopic (exact) mass is 339 g/mol. The van der Waals surface area contributed by atoms with Crippen LogP contribution < -0.4 is 0 Å². The van der Waals surface area contributed by atoms with Crippen LogP contribution in [0.4, 0.5) is 0 Å². The van der Waals surface area contributed by atoms with E-state index < -0.39 is 17.0 Å². The maximum atomic E-state index is 13.0. The summed E-state index contributed by atoms with van der Waals surface area (Å²) in [7, 11) is -1.45. The summed E-state index contributed by atoms with van der Waals surface area (Å²) < 4.78 is 19.7. The molecule has 0 N–H and O–H groups in total. The molecule has 0 spiro atoms. The van der Waals surface area contributed by atoms with Crippen LogP contribution in [0.1, 0.15) is 17.3 Å². The molecule has 0 saturated carbocycles. The molecule has 0 radical (unpaired) electrons. The first kappa shape index (κ1) is 16.2. The molecule has 1 aromatic heterocycles. The predicted octanol–water partition coefficient (Wildman–Crippen LogP) is 3.90. The van der Waals surface area contributed by atoms with E-state index in [1.165, 1.54) is 0 Å². The fourth-order valence-electron chi connectivity index (χ4n) is 2.46. The Hall–Kier alpha value is -2.66. The van der Waals surface area contributed by atoms with Crippen LogP contribution >= 0.6 is 0 Å². The second kappa shape index (κ2) is 7.27. The molecule has 3 aromatic rings. The molecule has 1 atom stereocenters. The Bertz CT molecular complexity index is 857. The van der Waals surface area contributed by atoms with Gasteiger partial charge in [0.2, 0.25) is 0 Å². The lowest BCUT2D eigenvalue weighted by molar-refractivity contribution is 0.0527. The first-order valence-electron chi connectivity index (χ1n) is 7.63. The fourth-order valence-corrected chi connectivity index (χ4v) is 3.61. The molecule has 5 heteroatoms. The number of esters is 1. The van der Waals surface area contributed by atoms with Crippen molar-refractivity contribution in [3.63, 3.8) is 0 Å². The molecule has 0 fully saturated rings. The van der Waals surface area contributed by atoms with E-state index in [0.717, 1.165) is 5.56 Å². The minimum Gasteiger partial charge on any atom is -0.462 e. The Morgan fingerprint density at radius 2 is 1.62 bits per heavy atom. The molecule has 0 aliphatic rings. The molecular formula is C19H17NO3S. The van der Waals surface area contributed by atoms with E-state index in [0.29, 0.717) is 22.8 Å². The van der Waals surface area contributed by atoms with Gasteiger partial charge >= 0.3 is 5.97 Å². The number of hydrogen-bond donors (Lipinski definition) is 0. The lowest BCUT2D eigenvalue weighted by atomic mass is 10.1. The van der Waals surface area contributed by atoms with Gasteiger partial charge < -0.3 is 4.74 Å². The summed E-state index contributed by atoms with van der Waals surface area (Å²) >= 11 is 0. The second-order valence-electron chi connectivity index (χ2n) is 5.05. The second-order valence-corrected chi connectivity index (χ2v) is 6.42. The molecule has 2 aromatic carbocycles. The third-order valence-electron chi connectivity index (χ3n) is 3.52. The first-order valence-corrected chi connectivity index (χ1v) is 8.74. The zero-order valence-corrected chi connectivity index (χ0v) is 14.0. The normalized spacial score (nSPS) is 11.9. The van der Waals surface area contributed by atoms with E-state index in [4.69, 9.17) is 4.74 Å². The zero-order chi connectivity index (χ0) is 16.9. The predicted molar refractivity (Wildman–Crippen MR) is 94.1 cm³/mol. The van der Waals surface area contributed by atoms with Crippen molar-refractivity contribution in [2.75, 3.05) is 6.61 Å². The Morgan fingerprint density at radius 3 is 2.25 bits per heavy atom. The maximum Gasteiger partial charge on any atom is 0.340 e. The van der Waals surface area contributed by atoms with E-state index in [-0.39, 0.29) is 0 Å². The van der Waals surface area contributed by atoms with Gasteiger partial charge in [0, 0.05) is 11.8 Å². The lowest BCUT2D eigenvalue weighted by Gasteiger charge is -2.11. The van der Waals surface area contributed by atoms with E-state index in [9.17, 15) is 9.00 Å². The van der Waals surface area contributed by atoms with E-state index in [1.54, 1.807) is 35.3 Å². The highest BCUT2D eigenvalue weighted by Crippen LogP contribution is 2.28. The molecular weight excluding hydrogens is 322 g/mol. The zero-order valence-electron chi connectivity index (χ0n) is 13.2. The molecule has 1 heterocycles. The molecule has 0 saturated heterocycles. The van der Waals surface area contributed by atoms with Crippen LogP contribution in [0.3, 0.4) is 0 Å². The summed E-state index contributed by atoms with van der Waals surface area (Å²) in [5, 5.41) is 0. The molecule has 4 nitrogen and oxygen atoms in total. The van der Waals surface area contributed by atoms with E-state index in [2.05, 4.69) is 0 Å². The number of ether oxygens (including phenoxy) is 1. The van der Waals surface area contributed by atoms with Gasteiger partial charge in [-0.1, -0.05) is 48.5 Å². The number of carbonyl (C=O) groups is 1. The summed E-state index contributed by atoms with van der Waals surface area (Å²) in [5.74, 6) is -0.417. The van der Waals surface area contributed by atoms with Gasteiger partial charge in [-0.3, -0.25) is 3.97 Å². The van der Waals surface area contributed by atoms with Crippen LogP contribution in [0.15, 0.2) is 77.8 Å². The molecule has 0 aliphatic heterocycles. The van der Waals surface area contributed by atoms with Crippen molar-refractivity contribution in [3.05, 3.63) is 78.5 Å². The van der Waals surface area contributed by atoms with Crippen molar-refractivity contribution in [3.8, 4) is 11.3 Å². The van der Waals surface area contributed by atoms with Gasteiger partial charge in [0.1, 0.15) is 0 Å². The summed E-state index contributed by atoms with van der Waals surface area (Å²) in [5.41, 5.74) is 1.82. The highest BCUT2D eigenvalue weighted by molar-refractivity contribution is 7.83. The number of hydrogen-bond acceptors (Lipinski definition) is 3. The summed E-state index contributed by atoms with van der Waals surface area (Å²) in [6.07, 6.45) is 1.66. The van der Waals surface area contributed by atoms with Crippen LogP contribution in [0.2, 0.25) is 0 Å². The van der Waals surface area contributed by atoms with Gasteiger partial charge in [0.15, 0.2) is 11.0 Å². The van der Waals surface area contributed by atoms with E-state index in [1.807, 2.05) is 48.5 Å². The topological polar surface area (TPSA) is 48.3 Å². The Labute approximate surface area is 143 Å². The average Bonchev–Trinajstić information content (AvgIpc) is 3.08. The van der Waals surface area contributed by atoms with Gasteiger partial charge in [-0.2, -0.15) is 0 Å². The van der Waals surface area contributed by atoms with Crippen molar-refractivity contribution in [2.24, 2.45) is 0 Å². The average molecular weight is 339 g/mol. The smallest absolute Gasteiger partial charge is 0.340 e. The van der Waals surface area contributed by atoms with Crippen LogP contribution in [0, 0.1) is 0 Å². The molecule has 1 unspecified atom stereocenters. The van der Waals surface area contributed by atoms with Gasteiger partial charge in [-0.25, -0.2) is 9.00 Å². The Morgan fingerprint density at radius 1 is 1.00 bits per heavy atom. The van der Waals surface area contributed by atoms with Crippen molar-refractivity contribution >= 4 is 17.0 Å². The van der Waals surface area contributed by atoms with Gasteiger partial charge in [-0.05, 0) is 25.1 Å². The van der Waals surface area contributed by atoms with Crippen LogP contribution in [-0.4, -0.2) is 20.8 Å². The van der Waals surface area contributed by atoms with Crippen LogP contribution in [0.25, 0.3) is 11.3 Å². The SMILES string of the molecule is CCOC(=O)c1ccn(S(=O)c2ccccc2)c1-c1ccccc1. The van der Waals surface area contributed by atoms with Crippen LogP contribution in [-0.2, 0) is 15.7 Å². The Balaban J connectivity index is 2.13. The lowest BCUT2D eigenvalue weighted by Crippen LogP contribution is -2.09. The Kier molecular flexibility index (Phi) is 4.91. The van der Waals surface area contributed by atoms with Crippen LogP contribution in [0.5, 0.6) is 0 Å². The first-order chi connectivity index (χ1) is 11.7. The largest absolute Gasteiger partial charge is 0.462 e. The third kappa shape index (κ3) is 3.16. The minimum absolute atomic E-state index is 0.292. The maximum absolute atomic E-state index is 13.0. The number of nitrogens with zero attached hydrogens (tertiary/aromatic N) is 1. The summed E-state index contributed by atoms with van der Waals surface area (Å²) in [6.45, 7) is 2.05. The van der Waals surface area contributed by atoms with Gasteiger partial charge in [-0.15, -0.1) is 0 Å². The molecule has 24 heavy (non-hydrogen) atoms. The highest BCUT2D eigenvalue weighted by atomic mass is 32.2. The number of benzene rings is 2. The summed E-state index contributed by atoms with van der Waals surface area (Å²) in [6, 6.07) is 20.2. The molecule has 0 amide bonds. The molecule has 122 valence electrons. The van der Waals surface area contributed by atoms with E-state index >= 15 is 0 Å². The number of rotatable bonds is 5. The molecule has 0 bridgehead atoms. The highest BCUT2D eigenvalue weighted by Gasteiger charge is 2.21. The number of aromatic nitrogens is 1. The van der Waals surface area contributed by atoms with Crippen molar-refractivity contribution in [2.45, 2.75) is 11.8 Å².